The quantitative estimate of drug-likeness (QED) is 0.523. The summed E-state index contributed by atoms with van der Waals surface area (Å²) in [6.07, 6.45) is 1.85. The first kappa shape index (κ1) is 12.1. The maximum Gasteiger partial charge on any atom is 0.141 e. The van der Waals surface area contributed by atoms with E-state index in [-0.39, 0.29) is 0 Å². The molecule has 102 valence electrons. The zero-order valence-corrected chi connectivity index (χ0v) is 12.0. The Morgan fingerprint density at radius 1 is 0.952 bits per heavy atom. The van der Waals surface area contributed by atoms with Crippen LogP contribution in [-0.4, -0.2) is 14.5 Å². The molecule has 0 unspecified atom stereocenters. The van der Waals surface area contributed by atoms with Gasteiger partial charge in [0, 0.05) is 24.2 Å². The zero-order chi connectivity index (χ0) is 14.4. The topological polar surface area (TPSA) is 30.7 Å². The van der Waals surface area contributed by atoms with Gasteiger partial charge in [0.05, 0.1) is 16.6 Å². The van der Waals surface area contributed by atoms with Gasteiger partial charge in [0.1, 0.15) is 5.82 Å². The Kier molecular flexibility index (Phi) is 2.54. The first-order valence-electron chi connectivity index (χ1n) is 7.01. The predicted molar refractivity (Wildman–Crippen MR) is 86.2 cm³/mol. The summed E-state index contributed by atoms with van der Waals surface area (Å²) < 4.78 is 2.15. The second-order valence-electron chi connectivity index (χ2n) is 5.36. The van der Waals surface area contributed by atoms with Crippen LogP contribution in [0.5, 0.6) is 0 Å². The molecular weight excluding hydrogens is 258 g/mol. The van der Waals surface area contributed by atoms with Gasteiger partial charge in [-0.25, -0.2) is 4.98 Å². The van der Waals surface area contributed by atoms with Crippen molar-refractivity contribution in [2.24, 2.45) is 7.05 Å². The number of rotatable bonds is 1. The van der Waals surface area contributed by atoms with Crippen LogP contribution < -0.4 is 0 Å². The van der Waals surface area contributed by atoms with E-state index in [1.165, 1.54) is 5.56 Å². The van der Waals surface area contributed by atoms with Crippen molar-refractivity contribution in [2.75, 3.05) is 0 Å². The SMILES string of the molecule is Cc1ccc2c(c1)nc(-c1ccnc3ccccc13)n2C. The summed E-state index contributed by atoms with van der Waals surface area (Å²) in [5.41, 5.74) is 5.53. The van der Waals surface area contributed by atoms with Gasteiger partial charge in [-0.15, -0.1) is 0 Å². The molecule has 2 aromatic heterocycles. The Labute approximate surface area is 122 Å². The van der Waals surface area contributed by atoms with Crippen LogP contribution in [0.2, 0.25) is 0 Å². The van der Waals surface area contributed by atoms with E-state index < -0.39 is 0 Å². The highest BCUT2D eigenvalue weighted by Gasteiger charge is 2.12. The average Bonchev–Trinajstić information content (AvgIpc) is 2.83. The highest BCUT2D eigenvalue weighted by Crippen LogP contribution is 2.29. The number of nitrogens with zero attached hydrogens (tertiary/aromatic N) is 3. The molecule has 4 aromatic rings. The monoisotopic (exact) mass is 273 g/mol. The van der Waals surface area contributed by atoms with Crippen molar-refractivity contribution in [3.8, 4) is 11.4 Å². The summed E-state index contributed by atoms with van der Waals surface area (Å²) in [6, 6.07) is 16.6. The van der Waals surface area contributed by atoms with Gasteiger partial charge in [-0.2, -0.15) is 0 Å². The molecule has 3 nitrogen and oxygen atoms in total. The van der Waals surface area contributed by atoms with Gasteiger partial charge in [0.2, 0.25) is 0 Å². The Bertz CT molecular complexity index is 961. The minimum Gasteiger partial charge on any atom is -0.327 e. The fourth-order valence-corrected chi connectivity index (χ4v) is 2.84. The minimum atomic E-state index is 0.981. The molecule has 0 spiro atoms. The molecule has 0 aliphatic rings. The molecule has 21 heavy (non-hydrogen) atoms. The van der Waals surface area contributed by atoms with Crippen molar-refractivity contribution in [3.05, 3.63) is 60.3 Å². The molecule has 2 heterocycles. The summed E-state index contributed by atoms with van der Waals surface area (Å²) in [6.45, 7) is 2.09. The lowest BCUT2D eigenvalue weighted by Crippen LogP contribution is -1.94. The fraction of sp³-hybridized carbons (Fsp3) is 0.111. The maximum atomic E-state index is 4.83. The summed E-state index contributed by atoms with van der Waals surface area (Å²) in [4.78, 5) is 9.26. The van der Waals surface area contributed by atoms with Gasteiger partial charge in [0.25, 0.3) is 0 Å². The second-order valence-corrected chi connectivity index (χ2v) is 5.36. The maximum absolute atomic E-state index is 4.83. The summed E-state index contributed by atoms with van der Waals surface area (Å²) >= 11 is 0. The average molecular weight is 273 g/mol. The molecule has 0 fully saturated rings. The van der Waals surface area contributed by atoms with Crippen LogP contribution >= 0.6 is 0 Å². The number of hydrogen-bond acceptors (Lipinski definition) is 2. The largest absolute Gasteiger partial charge is 0.327 e. The molecule has 2 aromatic carbocycles. The van der Waals surface area contributed by atoms with Crippen molar-refractivity contribution in [1.82, 2.24) is 14.5 Å². The van der Waals surface area contributed by atoms with Crippen LogP contribution in [0.4, 0.5) is 0 Å². The summed E-state index contributed by atoms with van der Waals surface area (Å²) in [7, 11) is 2.06. The lowest BCUT2D eigenvalue weighted by Gasteiger charge is -2.06. The van der Waals surface area contributed by atoms with E-state index >= 15 is 0 Å². The summed E-state index contributed by atoms with van der Waals surface area (Å²) in [5.74, 6) is 0.981. The lowest BCUT2D eigenvalue weighted by atomic mass is 10.1. The van der Waals surface area contributed by atoms with Crippen LogP contribution in [0.1, 0.15) is 5.56 Å². The van der Waals surface area contributed by atoms with Gasteiger partial charge >= 0.3 is 0 Å². The van der Waals surface area contributed by atoms with Gasteiger partial charge in [-0.1, -0.05) is 24.3 Å². The van der Waals surface area contributed by atoms with E-state index in [9.17, 15) is 0 Å². The fourth-order valence-electron chi connectivity index (χ4n) is 2.84. The summed E-state index contributed by atoms with van der Waals surface area (Å²) in [5, 5.41) is 1.13. The lowest BCUT2D eigenvalue weighted by molar-refractivity contribution is 0.960. The molecule has 0 saturated carbocycles. The highest BCUT2D eigenvalue weighted by molar-refractivity contribution is 5.94. The number of aryl methyl sites for hydroxylation is 2. The van der Waals surface area contributed by atoms with Gasteiger partial charge < -0.3 is 4.57 Å². The molecule has 0 aliphatic carbocycles. The molecule has 0 amide bonds. The molecule has 0 saturated heterocycles. The molecule has 0 aliphatic heterocycles. The van der Waals surface area contributed by atoms with Crippen molar-refractivity contribution in [1.29, 1.82) is 0 Å². The minimum absolute atomic E-state index is 0.981. The number of fused-ring (bicyclic) bond motifs is 2. The molecule has 0 atom stereocenters. The first-order chi connectivity index (χ1) is 10.2. The van der Waals surface area contributed by atoms with E-state index in [1.807, 2.05) is 30.5 Å². The van der Waals surface area contributed by atoms with Crippen molar-refractivity contribution < 1.29 is 0 Å². The van der Waals surface area contributed by atoms with Crippen LogP contribution in [0.3, 0.4) is 0 Å². The third kappa shape index (κ3) is 1.82. The molecule has 3 heteroatoms. The van der Waals surface area contributed by atoms with E-state index in [4.69, 9.17) is 4.98 Å². The third-order valence-corrected chi connectivity index (χ3v) is 3.93. The van der Waals surface area contributed by atoms with Gasteiger partial charge in [-0.05, 0) is 36.8 Å². The van der Waals surface area contributed by atoms with E-state index in [1.54, 1.807) is 0 Å². The predicted octanol–water partition coefficient (Wildman–Crippen LogP) is 4.10. The number of hydrogen-bond donors (Lipinski definition) is 0. The van der Waals surface area contributed by atoms with Crippen molar-refractivity contribution in [3.63, 3.8) is 0 Å². The van der Waals surface area contributed by atoms with Gasteiger partial charge in [0.15, 0.2) is 0 Å². The number of pyridine rings is 1. The Morgan fingerprint density at radius 2 is 1.81 bits per heavy atom. The standard InChI is InChI=1S/C18H15N3/c1-12-7-8-17-16(11-12)20-18(21(17)2)14-9-10-19-15-6-4-3-5-13(14)15/h3-11H,1-2H3. The zero-order valence-electron chi connectivity index (χ0n) is 12.0. The van der Waals surface area contributed by atoms with Crippen LogP contribution in [-0.2, 0) is 7.05 Å². The highest BCUT2D eigenvalue weighted by atomic mass is 15.1. The molecule has 0 radical (unpaired) electrons. The Hall–Kier alpha value is -2.68. The van der Waals surface area contributed by atoms with E-state index in [2.05, 4.69) is 47.8 Å². The smallest absolute Gasteiger partial charge is 0.141 e. The Balaban J connectivity index is 2.07. The molecule has 4 rings (SSSR count). The number of imidazole rings is 1. The van der Waals surface area contributed by atoms with Crippen LogP contribution in [0, 0.1) is 6.92 Å². The van der Waals surface area contributed by atoms with Crippen LogP contribution in [0.25, 0.3) is 33.3 Å². The molecule has 0 N–H and O–H groups in total. The van der Waals surface area contributed by atoms with Crippen molar-refractivity contribution in [2.45, 2.75) is 6.92 Å². The first-order valence-corrected chi connectivity index (χ1v) is 7.01. The second kappa shape index (κ2) is 4.42. The normalized spacial score (nSPS) is 11.3. The van der Waals surface area contributed by atoms with Crippen molar-refractivity contribution >= 4 is 21.9 Å². The van der Waals surface area contributed by atoms with Crippen LogP contribution in [0.15, 0.2) is 54.7 Å². The molecule has 0 bridgehead atoms. The number of benzene rings is 2. The third-order valence-electron chi connectivity index (χ3n) is 3.93. The van der Waals surface area contributed by atoms with E-state index in [0.29, 0.717) is 0 Å². The number of aromatic nitrogens is 3. The Morgan fingerprint density at radius 3 is 2.71 bits per heavy atom. The molecular formula is C18H15N3. The van der Waals surface area contributed by atoms with E-state index in [0.717, 1.165) is 33.3 Å². The van der Waals surface area contributed by atoms with Gasteiger partial charge in [-0.3, -0.25) is 4.98 Å². The number of para-hydroxylation sites is 1.